The summed E-state index contributed by atoms with van der Waals surface area (Å²) in [6.45, 7) is 15.4. The first-order chi connectivity index (χ1) is 21.9. The second kappa shape index (κ2) is 12.5. The summed E-state index contributed by atoms with van der Waals surface area (Å²) in [5.74, 6) is 2.40. The molecule has 2 aromatic rings. The highest BCUT2D eigenvalue weighted by Crippen LogP contribution is 2.67. The molecule has 0 aromatic heterocycles. The van der Waals surface area contributed by atoms with Gasteiger partial charge in [-0.1, -0.05) is 106 Å². The van der Waals surface area contributed by atoms with Crippen molar-refractivity contribution < 1.29 is 14.4 Å². The minimum Gasteiger partial charge on any atom is -0.299 e. The fourth-order valence-electron chi connectivity index (χ4n) is 10.6. The zero-order valence-corrected chi connectivity index (χ0v) is 29.2. The smallest absolute Gasteiger partial charge is 0.167 e. The molecule has 4 aliphatic carbocycles. The Balaban J connectivity index is 1.35. The van der Waals surface area contributed by atoms with Crippen LogP contribution in [0.3, 0.4) is 0 Å². The van der Waals surface area contributed by atoms with Gasteiger partial charge in [0.05, 0.1) is 0 Å². The van der Waals surface area contributed by atoms with E-state index in [9.17, 15) is 14.4 Å². The van der Waals surface area contributed by atoms with E-state index in [2.05, 4.69) is 32.9 Å². The first kappa shape index (κ1) is 32.9. The fraction of sp³-hybridized carbons (Fsp3) is 0.558. The van der Waals surface area contributed by atoms with Crippen LogP contribution >= 0.6 is 0 Å². The normalized spacial score (nSPS) is 32.5. The van der Waals surface area contributed by atoms with E-state index in [1.807, 2.05) is 76.2 Å². The van der Waals surface area contributed by atoms with Crippen LogP contribution in [0.5, 0.6) is 0 Å². The summed E-state index contributed by atoms with van der Waals surface area (Å²) in [7, 11) is 0. The lowest BCUT2D eigenvalue weighted by Gasteiger charge is -2.57. The minimum atomic E-state index is -0.305. The SMILES string of the molecule is Cc1ccccc1C(=O)[C@@H]1CC2=CC=C3[C@@H]4CC[C@H]([C@H](C)CCC(=O)C(C)C)[C@@]4(C)CC[C@@H]3[C@@]2(C)[C@@H](C(=O)c2ccccc2C)C1. The highest BCUT2D eigenvalue weighted by atomic mass is 16.1. The lowest BCUT2D eigenvalue weighted by atomic mass is 9.46. The van der Waals surface area contributed by atoms with E-state index in [4.69, 9.17) is 0 Å². The number of hydrogen-bond donors (Lipinski definition) is 0. The Morgan fingerprint density at radius 3 is 2.07 bits per heavy atom. The number of benzene rings is 2. The second-order valence-corrected chi connectivity index (χ2v) is 16.2. The molecule has 0 amide bonds. The van der Waals surface area contributed by atoms with Crippen molar-refractivity contribution in [3.05, 3.63) is 94.1 Å². The van der Waals surface area contributed by atoms with Gasteiger partial charge in [0.15, 0.2) is 11.6 Å². The molecule has 46 heavy (non-hydrogen) atoms. The van der Waals surface area contributed by atoms with Gasteiger partial charge in [-0.25, -0.2) is 0 Å². The standard InChI is InChI=1S/C43H54O3/c1-26(2)39(44)21-16-29(5)35-19-20-36-34-18-17-31-24-30(40(45)32-14-10-8-12-27(32)3)25-38(41(46)33-15-11-9-13-28(33)4)43(31,7)37(34)22-23-42(35,36)6/h8-15,17-18,26,29-30,35-38H,16,19-25H2,1-7H3/t29-,30-,35-,36+,37+,38-,42-,43+/m1/s1. The highest BCUT2D eigenvalue weighted by molar-refractivity contribution is 6.03. The zero-order valence-electron chi connectivity index (χ0n) is 29.2. The average Bonchev–Trinajstić information content (AvgIpc) is 3.40. The number of hydrogen-bond acceptors (Lipinski definition) is 3. The first-order valence-electron chi connectivity index (χ1n) is 18.0. The van der Waals surface area contributed by atoms with Gasteiger partial charge >= 0.3 is 0 Å². The Kier molecular flexibility index (Phi) is 8.94. The maximum atomic E-state index is 14.7. The molecule has 244 valence electrons. The van der Waals surface area contributed by atoms with E-state index < -0.39 is 0 Å². The van der Waals surface area contributed by atoms with Crippen LogP contribution in [0, 0.1) is 66.1 Å². The van der Waals surface area contributed by atoms with Crippen LogP contribution in [0.4, 0.5) is 0 Å². The van der Waals surface area contributed by atoms with Crippen molar-refractivity contribution in [3.8, 4) is 0 Å². The number of rotatable bonds is 9. The lowest BCUT2D eigenvalue weighted by Crippen LogP contribution is -2.52. The van der Waals surface area contributed by atoms with Gasteiger partial charge in [0, 0.05) is 40.7 Å². The van der Waals surface area contributed by atoms with Crippen LogP contribution < -0.4 is 0 Å². The second-order valence-electron chi connectivity index (χ2n) is 16.2. The molecule has 0 unspecified atom stereocenters. The molecule has 3 saturated carbocycles. The quantitative estimate of drug-likeness (QED) is 0.263. The Morgan fingerprint density at radius 2 is 1.43 bits per heavy atom. The number of fused-ring (bicyclic) bond motifs is 5. The van der Waals surface area contributed by atoms with Crippen molar-refractivity contribution >= 4 is 17.3 Å². The van der Waals surface area contributed by atoms with Gasteiger partial charge in [-0.2, -0.15) is 0 Å². The fourth-order valence-corrected chi connectivity index (χ4v) is 10.6. The summed E-state index contributed by atoms with van der Waals surface area (Å²) in [4.78, 5) is 41.3. The molecular weight excluding hydrogens is 564 g/mol. The third-order valence-electron chi connectivity index (χ3n) is 13.5. The molecule has 0 saturated heterocycles. The Labute approximate surface area is 277 Å². The number of Topliss-reactive ketones (excluding diaryl/α,β-unsaturated/α-hetero) is 3. The molecule has 0 bridgehead atoms. The zero-order chi connectivity index (χ0) is 33.0. The molecule has 2 aromatic carbocycles. The van der Waals surface area contributed by atoms with Gasteiger partial charge in [-0.3, -0.25) is 14.4 Å². The van der Waals surface area contributed by atoms with E-state index in [0.717, 1.165) is 47.9 Å². The maximum Gasteiger partial charge on any atom is 0.167 e. The van der Waals surface area contributed by atoms with Crippen molar-refractivity contribution in [1.82, 2.24) is 0 Å². The number of carbonyl (C=O) groups is 3. The van der Waals surface area contributed by atoms with Crippen molar-refractivity contribution in [2.45, 2.75) is 99.8 Å². The number of ketones is 3. The molecule has 0 heterocycles. The Hall–Kier alpha value is -3.07. The van der Waals surface area contributed by atoms with Crippen LogP contribution in [-0.2, 0) is 4.79 Å². The molecular formula is C43H54O3. The predicted octanol–water partition coefficient (Wildman–Crippen LogP) is 10.4. The third kappa shape index (κ3) is 5.40. The lowest BCUT2D eigenvalue weighted by molar-refractivity contribution is -0.122. The van der Waals surface area contributed by atoms with E-state index in [-0.39, 0.29) is 40.2 Å². The molecule has 3 nitrogen and oxygen atoms in total. The van der Waals surface area contributed by atoms with Crippen LogP contribution in [0.1, 0.15) is 118 Å². The highest BCUT2D eigenvalue weighted by Gasteiger charge is 2.60. The number of aryl methyl sites for hydroxylation is 2. The van der Waals surface area contributed by atoms with Crippen molar-refractivity contribution in [2.24, 2.45) is 52.3 Å². The van der Waals surface area contributed by atoms with Crippen LogP contribution in [0.2, 0.25) is 0 Å². The molecule has 6 rings (SSSR count). The van der Waals surface area contributed by atoms with Crippen LogP contribution in [0.15, 0.2) is 71.8 Å². The monoisotopic (exact) mass is 618 g/mol. The van der Waals surface area contributed by atoms with Crippen LogP contribution in [0.25, 0.3) is 0 Å². The first-order valence-corrected chi connectivity index (χ1v) is 18.0. The maximum absolute atomic E-state index is 14.7. The largest absolute Gasteiger partial charge is 0.299 e. The summed E-state index contributed by atoms with van der Waals surface area (Å²) in [5, 5.41) is 0. The van der Waals surface area contributed by atoms with Crippen molar-refractivity contribution in [3.63, 3.8) is 0 Å². The molecule has 3 fully saturated rings. The molecule has 0 radical (unpaired) electrons. The summed E-state index contributed by atoms with van der Waals surface area (Å²) in [5.41, 5.74) is 6.38. The molecule has 3 heteroatoms. The Morgan fingerprint density at radius 1 is 0.804 bits per heavy atom. The third-order valence-corrected chi connectivity index (χ3v) is 13.5. The van der Waals surface area contributed by atoms with Gasteiger partial charge < -0.3 is 0 Å². The Bertz CT molecular complexity index is 1590. The number of carbonyl (C=O) groups excluding carboxylic acids is 3. The summed E-state index contributed by atoms with van der Waals surface area (Å²) in [6, 6.07) is 15.9. The average molecular weight is 619 g/mol. The van der Waals surface area contributed by atoms with Gasteiger partial charge in [0.1, 0.15) is 5.78 Å². The molecule has 8 atom stereocenters. The molecule has 0 aliphatic heterocycles. The van der Waals surface area contributed by atoms with E-state index in [0.29, 0.717) is 42.3 Å². The summed E-state index contributed by atoms with van der Waals surface area (Å²) < 4.78 is 0. The van der Waals surface area contributed by atoms with Gasteiger partial charge in [0.2, 0.25) is 0 Å². The molecule has 0 spiro atoms. The van der Waals surface area contributed by atoms with Gasteiger partial charge in [-0.15, -0.1) is 0 Å². The van der Waals surface area contributed by atoms with Crippen molar-refractivity contribution in [1.29, 1.82) is 0 Å². The van der Waals surface area contributed by atoms with E-state index in [1.54, 1.807) is 5.57 Å². The van der Waals surface area contributed by atoms with Crippen molar-refractivity contribution in [2.75, 3.05) is 0 Å². The summed E-state index contributed by atoms with van der Waals surface area (Å²) >= 11 is 0. The summed E-state index contributed by atoms with van der Waals surface area (Å²) in [6.07, 6.45) is 12.4. The van der Waals surface area contributed by atoms with Gasteiger partial charge in [-0.05, 0) is 99.0 Å². The topological polar surface area (TPSA) is 51.2 Å². The van der Waals surface area contributed by atoms with E-state index in [1.165, 1.54) is 18.4 Å². The molecule has 4 aliphatic rings. The van der Waals surface area contributed by atoms with Gasteiger partial charge in [0.25, 0.3) is 0 Å². The van der Waals surface area contributed by atoms with Crippen LogP contribution in [-0.4, -0.2) is 17.3 Å². The number of allylic oxidation sites excluding steroid dienone is 4. The molecule has 0 N–H and O–H groups in total. The minimum absolute atomic E-state index is 0.112. The predicted molar refractivity (Wildman–Crippen MR) is 187 cm³/mol. The van der Waals surface area contributed by atoms with E-state index >= 15 is 0 Å².